The first-order valence-corrected chi connectivity index (χ1v) is 7.91. The normalized spacial score (nSPS) is 10.7. The van der Waals surface area contributed by atoms with Gasteiger partial charge >= 0.3 is 0 Å². The van der Waals surface area contributed by atoms with Gasteiger partial charge in [0.25, 0.3) is 5.91 Å². The van der Waals surface area contributed by atoms with Crippen LogP contribution in [0.4, 0.5) is 11.4 Å². The highest BCUT2D eigenvalue weighted by Crippen LogP contribution is 2.27. The Kier molecular flexibility index (Phi) is 3.67. The molecule has 0 aliphatic rings. The summed E-state index contributed by atoms with van der Waals surface area (Å²) in [6, 6.07) is 22.9. The molecular formula is C20H16N4O. The predicted molar refractivity (Wildman–Crippen MR) is 99.4 cm³/mol. The number of hydrogen-bond acceptors (Lipinski definition) is 3. The number of hydrogen-bond donors (Lipinski definition) is 2. The molecular weight excluding hydrogens is 312 g/mol. The van der Waals surface area contributed by atoms with Crippen LogP contribution in [0.1, 0.15) is 10.5 Å². The highest BCUT2D eigenvalue weighted by atomic mass is 16.1. The molecule has 5 heteroatoms. The van der Waals surface area contributed by atoms with Gasteiger partial charge in [-0.1, -0.05) is 42.5 Å². The Balaban J connectivity index is 1.64. The standard InChI is InChI=1S/C20H16N4O/c21-17-10-9-15(14-6-2-1-3-7-14)12-18(17)22-20(25)19-13-16-8-4-5-11-24(16)23-19/h1-13H,21H2,(H,22,25). The zero-order chi connectivity index (χ0) is 17.2. The molecule has 0 saturated carbocycles. The summed E-state index contributed by atoms with van der Waals surface area (Å²) in [6.07, 6.45) is 1.80. The van der Waals surface area contributed by atoms with Gasteiger partial charge in [0.1, 0.15) is 0 Å². The average molecular weight is 328 g/mol. The molecule has 0 fully saturated rings. The third-order valence-corrected chi connectivity index (χ3v) is 4.01. The van der Waals surface area contributed by atoms with Gasteiger partial charge in [0.05, 0.1) is 16.9 Å². The molecule has 0 unspecified atom stereocenters. The second kappa shape index (κ2) is 6.13. The van der Waals surface area contributed by atoms with Gasteiger partial charge in [0.2, 0.25) is 0 Å². The molecule has 2 aromatic carbocycles. The van der Waals surface area contributed by atoms with Gasteiger partial charge in [-0.05, 0) is 41.5 Å². The van der Waals surface area contributed by atoms with Crippen molar-refractivity contribution < 1.29 is 4.79 Å². The minimum absolute atomic E-state index is 0.291. The zero-order valence-corrected chi connectivity index (χ0v) is 13.4. The molecule has 4 aromatic rings. The van der Waals surface area contributed by atoms with E-state index in [1.165, 1.54) is 0 Å². The molecule has 0 bridgehead atoms. The second-order valence-corrected chi connectivity index (χ2v) is 5.72. The lowest BCUT2D eigenvalue weighted by Gasteiger charge is -2.10. The fourth-order valence-electron chi connectivity index (χ4n) is 2.71. The van der Waals surface area contributed by atoms with E-state index < -0.39 is 0 Å². The Hall–Kier alpha value is -3.60. The zero-order valence-electron chi connectivity index (χ0n) is 13.4. The van der Waals surface area contributed by atoms with Crippen LogP contribution in [0.3, 0.4) is 0 Å². The quantitative estimate of drug-likeness (QED) is 0.561. The van der Waals surface area contributed by atoms with Crippen molar-refractivity contribution in [3.05, 3.63) is 84.7 Å². The van der Waals surface area contributed by atoms with Crippen molar-refractivity contribution in [3.8, 4) is 11.1 Å². The molecule has 25 heavy (non-hydrogen) atoms. The lowest BCUT2D eigenvalue weighted by Crippen LogP contribution is -2.14. The molecule has 2 aromatic heterocycles. The lowest BCUT2D eigenvalue weighted by atomic mass is 10.0. The van der Waals surface area contributed by atoms with Crippen molar-refractivity contribution in [2.75, 3.05) is 11.1 Å². The van der Waals surface area contributed by atoms with E-state index >= 15 is 0 Å². The first-order valence-electron chi connectivity index (χ1n) is 7.91. The minimum Gasteiger partial charge on any atom is -0.397 e. The Bertz CT molecular complexity index is 1020. The monoisotopic (exact) mass is 328 g/mol. The fourth-order valence-corrected chi connectivity index (χ4v) is 2.71. The summed E-state index contributed by atoms with van der Waals surface area (Å²) in [5.41, 5.74) is 10.4. The Morgan fingerprint density at radius 2 is 1.72 bits per heavy atom. The Morgan fingerprint density at radius 3 is 2.52 bits per heavy atom. The summed E-state index contributed by atoms with van der Waals surface area (Å²) in [7, 11) is 0. The Morgan fingerprint density at radius 1 is 0.920 bits per heavy atom. The predicted octanol–water partition coefficient (Wildman–Crippen LogP) is 3.84. The van der Waals surface area contributed by atoms with E-state index in [1.807, 2.05) is 60.7 Å². The Labute approximate surface area is 144 Å². The summed E-state index contributed by atoms with van der Waals surface area (Å²) < 4.78 is 1.67. The SMILES string of the molecule is Nc1ccc(-c2ccccc2)cc1NC(=O)c1cc2ccccn2n1. The summed E-state index contributed by atoms with van der Waals surface area (Å²) in [4.78, 5) is 12.5. The number of amides is 1. The number of nitrogen functional groups attached to an aromatic ring is 1. The van der Waals surface area contributed by atoms with E-state index in [4.69, 9.17) is 5.73 Å². The molecule has 2 heterocycles. The number of nitrogens with two attached hydrogens (primary N) is 1. The molecule has 1 amide bonds. The van der Waals surface area contributed by atoms with E-state index in [-0.39, 0.29) is 5.91 Å². The smallest absolute Gasteiger partial charge is 0.276 e. The summed E-state index contributed by atoms with van der Waals surface area (Å²) in [6.45, 7) is 0. The van der Waals surface area contributed by atoms with Crippen molar-refractivity contribution in [2.45, 2.75) is 0 Å². The first-order chi connectivity index (χ1) is 12.2. The maximum absolute atomic E-state index is 12.5. The van der Waals surface area contributed by atoms with E-state index in [2.05, 4.69) is 10.4 Å². The van der Waals surface area contributed by atoms with E-state index in [0.717, 1.165) is 16.6 Å². The highest BCUT2D eigenvalue weighted by Gasteiger charge is 2.13. The van der Waals surface area contributed by atoms with Gasteiger partial charge in [-0.25, -0.2) is 4.52 Å². The van der Waals surface area contributed by atoms with Crippen LogP contribution in [0.5, 0.6) is 0 Å². The van der Waals surface area contributed by atoms with E-state index in [0.29, 0.717) is 17.1 Å². The van der Waals surface area contributed by atoms with Gasteiger partial charge in [0.15, 0.2) is 5.69 Å². The van der Waals surface area contributed by atoms with Crippen LogP contribution in [-0.2, 0) is 0 Å². The van der Waals surface area contributed by atoms with Crippen LogP contribution in [0.25, 0.3) is 16.6 Å². The van der Waals surface area contributed by atoms with Crippen LogP contribution in [0.15, 0.2) is 79.0 Å². The van der Waals surface area contributed by atoms with Crippen molar-refractivity contribution in [1.29, 1.82) is 0 Å². The molecule has 0 atom stereocenters. The molecule has 0 radical (unpaired) electrons. The summed E-state index contributed by atoms with van der Waals surface area (Å²) >= 11 is 0. The number of fused-ring (bicyclic) bond motifs is 1. The van der Waals surface area contributed by atoms with Crippen LogP contribution in [-0.4, -0.2) is 15.5 Å². The number of nitrogens with one attached hydrogen (secondary N) is 1. The van der Waals surface area contributed by atoms with Gasteiger partial charge in [-0.15, -0.1) is 0 Å². The van der Waals surface area contributed by atoms with Crippen molar-refractivity contribution in [3.63, 3.8) is 0 Å². The number of carbonyl (C=O) groups is 1. The van der Waals surface area contributed by atoms with Gasteiger partial charge in [0, 0.05) is 6.20 Å². The van der Waals surface area contributed by atoms with Gasteiger partial charge in [-0.2, -0.15) is 5.10 Å². The molecule has 122 valence electrons. The highest BCUT2D eigenvalue weighted by molar-refractivity contribution is 6.05. The number of anilines is 2. The third kappa shape index (κ3) is 2.95. The minimum atomic E-state index is -0.291. The third-order valence-electron chi connectivity index (χ3n) is 4.01. The van der Waals surface area contributed by atoms with Crippen LogP contribution in [0.2, 0.25) is 0 Å². The van der Waals surface area contributed by atoms with Gasteiger partial charge in [-0.3, -0.25) is 4.79 Å². The molecule has 5 nitrogen and oxygen atoms in total. The van der Waals surface area contributed by atoms with Crippen LogP contribution < -0.4 is 11.1 Å². The molecule has 0 aliphatic carbocycles. The van der Waals surface area contributed by atoms with Crippen LogP contribution >= 0.6 is 0 Å². The maximum atomic E-state index is 12.5. The molecule has 0 aliphatic heterocycles. The number of benzene rings is 2. The van der Waals surface area contributed by atoms with E-state index in [1.54, 1.807) is 22.8 Å². The number of carbonyl (C=O) groups excluding carboxylic acids is 1. The lowest BCUT2D eigenvalue weighted by molar-refractivity contribution is 0.102. The van der Waals surface area contributed by atoms with Crippen molar-refractivity contribution in [2.24, 2.45) is 0 Å². The molecule has 0 saturated heterocycles. The van der Waals surface area contributed by atoms with Crippen LogP contribution in [0, 0.1) is 0 Å². The van der Waals surface area contributed by atoms with Crippen molar-refractivity contribution >= 4 is 22.8 Å². The fraction of sp³-hybridized carbons (Fsp3) is 0. The molecule has 4 rings (SSSR count). The first kappa shape index (κ1) is 15.0. The average Bonchev–Trinajstić information content (AvgIpc) is 3.08. The van der Waals surface area contributed by atoms with Gasteiger partial charge < -0.3 is 11.1 Å². The number of aromatic nitrogens is 2. The second-order valence-electron chi connectivity index (χ2n) is 5.72. The molecule has 0 spiro atoms. The summed E-state index contributed by atoms with van der Waals surface area (Å²) in [5.74, 6) is -0.291. The maximum Gasteiger partial charge on any atom is 0.276 e. The number of rotatable bonds is 3. The van der Waals surface area contributed by atoms with E-state index in [9.17, 15) is 4.79 Å². The number of pyridine rings is 1. The van der Waals surface area contributed by atoms with Crippen molar-refractivity contribution in [1.82, 2.24) is 9.61 Å². The molecule has 3 N–H and O–H groups in total. The largest absolute Gasteiger partial charge is 0.397 e. The summed E-state index contributed by atoms with van der Waals surface area (Å²) in [5, 5.41) is 7.14. The number of nitrogens with zero attached hydrogens (tertiary/aromatic N) is 2. The topological polar surface area (TPSA) is 72.4 Å².